The van der Waals surface area contributed by atoms with E-state index in [1.54, 1.807) is 6.07 Å². The molecular formula is C10H12N2OP2. The predicted molar refractivity (Wildman–Crippen MR) is 65.1 cm³/mol. The molecule has 15 heavy (non-hydrogen) atoms. The van der Waals surface area contributed by atoms with Gasteiger partial charge in [0.05, 0.1) is 5.56 Å². The molecule has 1 aromatic carbocycles. The van der Waals surface area contributed by atoms with Gasteiger partial charge in [0.25, 0.3) is 0 Å². The third kappa shape index (κ3) is 2.29. The van der Waals surface area contributed by atoms with Crippen LogP contribution in [0.1, 0.15) is 11.1 Å². The molecule has 1 aliphatic rings. The van der Waals surface area contributed by atoms with Crippen molar-refractivity contribution in [2.75, 3.05) is 13.2 Å². The normalized spacial score (nSPS) is 16.8. The van der Waals surface area contributed by atoms with Crippen LogP contribution in [-0.2, 0) is 6.54 Å². The molecule has 1 aromatic rings. The van der Waals surface area contributed by atoms with Gasteiger partial charge in [-0.2, -0.15) is 5.26 Å². The van der Waals surface area contributed by atoms with E-state index >= 15 is 0 Å². The fourth-order valence-corrected chi connectivity index (χ4v) is 2.76. The van der Waals surface area contributed by atoms with Crippen molar-refractivity contribution in [3.05, 3.63) is 29.3 Å². The minimum Gasteiger partial charge on any atom is -0.491 e. The Balaban J connectivity index is 2.37. The lowest BCUT2D eigenvalue weighted by molar-refractivity contribution is 0.300. The lowest BCUT2D eigenvalue weighted by Gasteiger charge is -2.15. The van der Waals surface area contributed by atoms with Gasteiger partial charge >= 0.3 is 0 Å². The first-order valence-corrected chi connectivity index (χ1v) is 7.47. The van der Waals surface area contributed by atoms with Gasteiger partial charge in [-0.15, -0.1) is 0 Å². The van der Waals surface area contributed by atoms with Gasteiger partial charge in [0.15, 0.2) is 0 Å². The van der Waals surface area contributed by atoms with Crippen LogP contribution in [0, 0.1) is 11.3 Å². The summed E-state index contributed by atoms with van der Waals surface area (Å²) in [6.45, 7) is 2.45. The van der Waals surface area contributed by atoms with E-state index < -0.39 is 0 Å². The molecule has 0 radical (unpaired) electrons. The Kier molecular flexibility index (Phi) is 3.54. The summed E-state index contributed by atoms with van der Waals surface area (Å²) < 4.78 is 7.94. The van der Waals surface area contributed by atoms with Crippen LogP contribution < -0.4 is 4.74 Å². The Labute approximate surface area is 93.3 Å². The molecule has 0 fully saturated rings. The summed E-state index contributed by atoms with van der Waals surface area (Å²) in [5.74, 6) is 0.769. The van der Waals surface area contributed by atoms with Crippen LogP contribution >= 0.6 is 17.3 Å². The third-order valence-electron chi connectivity index (χ3n) is 2.37. The number of nitrogens with zero attached hydrogens (tertiary/aromatic N) is 2. The van der Waals surface area contributed by atoms with E-state index in [1.807, 2.05) is 12.1 Å². The monoisotopic (exact) mass is 238 g/mol. The lowest BCUT2D eigenvalue weighted by Crippen LogP contribution is -2.15. The molecule has 1 aliphatic heterocycles. The Bertz CT molecular complexity index is 403. The molecule has 2 unspecified atom stereocenters. The van der Waals surface area contributed by atoms with Crippen molar-refractivity contribution < 1.29 is 4.74 Å². The zero-order valence-electron chi connectivity index (χ0n) is 8.23. The summed E-state index contributed by atoms with van der Waals surface area (Å²) in [6, 6.07) is 7.91. The van der Waals surface area contributed by atoms with E-state index in [2.05, 4.69) is 19.7 Å². The summed E-state index contributed by atoms with van der Waals surface area (Å²) in [5, 5.41) is 8.96. The first kappa shape index (κ1) is 10.8. The highest BCUT2D eigenvalue weighted by molar-refractivity contribution is 8.01. The quantitative estimate of drug-likeness (QED) is 0.703. The van der Waals surface area contributed by atoms with Gasteiger partial charge in [0.2, 0.25) is 0 Å². The van der Waals surface area contributed by atoms with Crippen molar-refractivity contribution in [2.45, 2.75) is 6.54 Å². The van der Waals surface area contributed by atoms with Gasteiger partial charge < -0.3 is 4.74 Å². The molecule has 3 nitrogen and oxygen atoms in total. The van der Waals surface area contributed by atoms with Crippen LogP contribution in [0.4, 0.5) is 0 Å². The molecule has 0 aromatic heterocycles. The zero-order chi connectivity index (χ0) is 10.7. The van der Waals surface area contributed by atoms with E-state index in [1.165, 1.54) is 0 Å². The van der Waals surface area contributed by atoms with E-state index in [9.17, 15) is 0 Å². The van der Waals surface area contributed by atoms with Crippen molar-refractivity contribution in [1.82, 2.24) is 4.67 Å². The summed E-state index contributed by atoms with van der Waals surface area (Å²) in [5.41, 5.74) is 1.75. The second kappa shape index (κ2) is 4.90. The highest BCUT2D eigenvalue weighted by Gasteiger charge is 2.16. The molecule has 0 saturated carbocycles. The summed E-state index contributed by atoms with van der Waals surface area (Å²) in [6.07, 6.45) is 0. The Morgan fingerprint density at radius 2 is 2.40 bits per heavy atom. The highest BCUT2D eigenvalue weighted by atomic mass is 32.0. The van der Waals surface area contributed by atoms with Gasteiger partial charge in [0, 0.05) is 18.7 Å². The molecule has 0 saturated heterocycles. The topological polar surface area (TPSA) is 36.3 Å². The number of hydrogen-bond acceptors (Lipinski definition) is 3. The fourth-order valence-electron chi connectivity index (χ4n) is 1.62. The van der Waals surface area contributed by atoms with E-state index in [-0.39, 0.29) is 0 Å². The van der Waals surface area contributed by atoms with Crippen molar-refractivity contribution in [2.24, 2.45) is 0 Å². The van der Waals surface area contributed by atoms with Gasteiger partial charge in [-0.05, 0) is 14.5 Å². The molecule has 0 amide bonds. The summed E-state index contributed by atoms with van der Waals surface area (Å²) >= 11 is 0. The zero-order valence-corrected chi connectivity index (χ0v) is 10.4. The average Bonchev–Trinajstić information content (AvgIpc) is 2.49. The molecule has 2 rings (SSSR count). The minimum absolute atomic E-state index is 0.640. The fraction of sp³-hybridized carbons (Fsp3) is 0.300. The lowest BCUT2D eigenvalue weighted by atomic mass is 10.1. The van der Waals surface area contributed by atoms with Crippen molar-refractivity contribution in [3.63, 3.8) is 0 Å². The first-order chi connectivity index (χ1) is 7.35. The second-order valence-electron chi connectivity index (χ2n) is 3.30. The average molecular weight is 238 g/mol. The Hall–Kier alpha value is -0.670. The van der Waals surface area contributed by atoms with E-state index in [0.717, 1.165) is 24.4 Å². The number of hydrogen-bond donors (Lipinski definition) is 0. The standard InChI is InChI=1S/C10H12N2OP2/c11-6-8-2-1-3-9-7-12(15-14)4-5-13-10(8)9/h1-3,15H,4-5,7,14H2. The van der Waals surface area contributed by atoms with E-state index in [4.69, 9.17) is 10.00 Å². The molecule has 1 heterocycles. The molecule has 2 atom stereocenters. The molecule has 0 aliphatic carbocycles. The van der Waals surface area contributed by atoms with Crippen LogP contribution in [-0.4, -0.2) is 17.8 Å². The summed E-state index contributed by atoms with van der Waals surface area (Å²) in [7, 11) is 3.44. The molecule has 78 valence electrons. The maximum Gasteiger partial charge on any atom is 0.141 e. The SMILES string of the molecule is N#Cc1cccc2c1OCCN(PP)C2. The van der Waals surface area contributed by atoms with Gasteiger partial charge in [-0.1, -0.05) is 21.1 Å². The van der Waals surface area contributed by atoms with Gasteiger partial charge in [-0.25, -0.2) is 0 Å². The van der Waals surface area contributed by atoms with Crippen LogP contribution in [0.15, 0.2) is 18.2 Å². The predicted octanol–water partition coefficient (Wildman–Crippen LogP) is 2.14. The number of nitriles is 1. The molecule has 5 heteroatoms. The van der Waals surface area contributed by atoms with Crippen molar-refractivity contribution in [1.29, 1.82) is 5.26 Å². The number of benzene rings is 1. The maximum atomic E-state index is 8.96. The second-order valence-corrected chi connectivity index (χ2v) is 4.97. The van der Waals surface area contributed by atoms with Crippen LogP contribution in [0.3, 0.4) is 0 Å². The smallest absolute Gasteiger partial charge is 0.141 e. The van der Waals surface area contributed by atoms with Crippen LogP contribution in [0.5, 0.6) is 5.75 Å². The first-order valence-electron chi connectivity index (χ1n) is 4.71. The molecule has 0 spiro atoms. The van der Waals surface area contributed by atoms with Crippen molar-refractivity contribution in [3.8, 4) is 11.8 Å². The minimum atomic E-state index is 0.640. The van der Waals surface area contributed by atoms with Crippen LogP contribution in [0.25, 0.3) is 0 Å². The Morgan fingerprint density at radius 3 is 3.13 bits per heavy atom. The molecular weight excluding hydrogens is 226 g/mol. The Morgan fingerprint density at radius 1 is 1.53 bits per heavy atom. The largest absolute Gasteiger partial charge is 0.491 e. The van der Waals surface area contributed by atoms with Gasteiger partial charge in [0.1, 0.15) is 18.4 Å². The number of ether oxygens (including phenoxy) is 1. The molecule has 0 N–H and O–H groups in total. The van der Waals surface area contributed by atoms with Crippen LogP contribution in [0.2, 0.25) is 0 Å². The third-order valence-corrected chi connectivity index (χ3v) is 4.21. The summed E-state index contributed by atoms with van der Waals surface area (Å²) in [4.78, 5) is 0. The van der Waals surface area contributed by atoms with Crippen molar-refractivity contribution >= 4 is 17.3 Å². The highest BCUT2D eigenvalue weighted by Crippen LogP contribution is 2.34. The number of para-hydroxylation sites is 1. The van der Waals surface area contributed by atoms with E-state index in [0.29, 0.717) is 20.6 Å². The number of fused-ring (bicyclic) bond motifs is 1. The maximum absolute atomic E-state index is 8.96. The number of rotatable bonds is 1. The molecule has 0 bridgehead atoms. The van der Waals surface area contributed by atoms with Gasteiger partial charge in [-0.3, -0.25) is 4.67 Å².